The number of benzene rings is 2. The molecule has 2 aromatic rings. The van der Waals surface area contributed by atoms with Gasteiger partial charge in [-0.3, -0.25) is 0 Å². The minimum atomic E-state index is 0.0320. The van der Waals surface area contributed by atoms with Gasteiger partial charge in [0.05, 0.1) is 0 Å². The van der Waals surface area contributed by atoms with E-state index in [0.29, 0.717) is 0 Å². The van der Waals surface area contributed by atoms with Crippen LogP contribution < -0.4 is 0 Å². The summed E-state index contributed by atoms with van der Waals surface area (Å²) in [6.45, 7) is 0. The van der Waals surface area contributed by atoms with Crippen LogP contribution in [0, 0.1) is 0 Å². The molecule has 1 nitrogen and oxygen atoms in total. The molecular weight excluding hydrogens is 255 g/mol. The molecule has 0 saturated carbocycles. The second-order valence-corrected chi connectivity index (χ2v) is 4.64. The van der Waals surface area contributed by atoms with Gasteiger partial charge in [0.15, 0.2) is 0 Å². The average Bonchev–Trinajstić information content (AvgIpc) is 2.35. The Kier molecular flexibility index (Phi) is 4.06. The maximum atomic E-state index is 5.88. The van der Waals surface area contributed by atoms with E-state index in [4.69, 9.17) is 23.2 Å². The molecule has 0 radical (unpaired) electrons. The molecule has 0 unspecified atom stereocenters. The van der Waals surface area contributed by atoms with Gasteiger partial charge in [-0.15, -0.1) is 0 Å². The minimum Gasteiger partial charge on any atom is -0.427 e. The normalized spacial score (nSPS) is 10.8. The molecule has 0 heterocycles. The Labute approximate surface area is 111 Å². The third-order valence-electron chi connectivity index (χ3n) is 2.63. The van der Waals surface area contributed by atoms with Crippen LogP contribution in [0.15, 0.2) is 48.5 Å². The molecule has 3 heteroatoms. The molecule has 0 aromatic heterocycles. The van der Waals surface area contributed by atoms with Crippen molar-refractivity contribution < 1.29 is 4.74 Å². The van der Waals surface area contributed by atoms with Crippen molar-refractivity contribution in [2.45, 2.75) is 6.10 Å². The SMILES string of the molecule is C[OH+]C(c1ccc(Cl)cc1)c1ccc(Cl)cc1. The van der Waals surface area contributed by atoms with Gasteiger partial charge in [0.25, 0.3) is 0 Å². The predicted molar refractivity (Wildman–Crippen MR) is 72.9 cm³/mol. The second kappa shape index (κ2) is 5.54. The molecule has 0 bridgehead atoms. The van der Waals surface area contributed by atoms with Crippen LogP contribution in [-0.2, 0) is 0 Å². The first-order valence-corrected chi connectivity index (χ1v) is 6.06. The number of hydrogen-bond acceptors (Lipinski definition) is 0. The van der Waals surface area contributed by atoms with Gasteiger partial charge >= 0.3 is 0 Å². The first kappa shape index (κ1) is 12.4. The zero-order chi connectivity index (χ0) is 12.3. The summed E-state index contributed by atoms with van der Waals surface area (Å²) in [6, 6.07) is 15.5. The smallest absolute Gasteiger partial charge is 0.207 e. The van der Waals surface area contributed by atoms with E-state index < -0.39 is 0 Å². The molecule has 0 aliphatic heterocycles. The first-order chi connectivity index (χ1) is 8.20. The Hall–Kier alpha value is -1.02. The highest BCUT2D eigenvalue weighted by Gasteiger charge is 2.17. The Morgan fingerprint density at radius 2 is 1.12 bits per heavy atom. The molecule has 0 spiro atoms. The van der Waals surface area contributed by atoms with E-state index in [1.54, 1.807) is 0 Å². The van der Waals surface area contributed by atoms with Crippen LogP contribution in [0.4, 0.5) is 0 Å². The van der Waals surface area contributed by atoms with Crippen LogP contribution in [-0.4, -0.2) is 11.8 Å². The summed E-state index contributed by atoms with van der Waals surface area (Å²) in [4.78, 5) is 0. The molecule has 0 aliphatic rings. The van der Waals surface area contributed by atoms with Gasteiger partial charge in [-0.05, 0) is 48.5 Å². The Balaban J connectivity index is 2.33. The zero-order valence-electron chi connectivity index (χ0n) is 9.40. The molecular formula is C14H13Cl2O+. The van der Waals surface area contributed by atoms with E-state index in [1.807, 2.05) is 55.6 Å². The number of rotatable bonds is 3. The monoisotopic (exact) mass is 267 g/mol. The van der Waals surface area contributed by atoms with Crippen molar-refractivity contribution in [1.82, 2.24) is 0 Å². The molecule has 2 aromatic carbocycles. The van der Waals surface area contributed by atoms with Gasteiger partial charge in [0.1, 0.15) is 7.11 Å². The maximum Gasteiger partial charge on any atom is 0.207 e. The van der Waals surface area contributed by atoms with Crippen molar-refractivity contribution in [2.24, 2.45) is 0 Å². The van der Waals surface area contributed by atoms with Gasteiger partial charge in [-0.25, -0.2) is 0 Å². The van der Waals surface area contributed by atoms with E-state index in [2.05, 4.69) is 4.74 Å². The lowest BCUT2D eigenvalue weighted by molar-refractivity contribution is -0.0385. The maximum absolute atomic E-state index is 5.88. The van der Waals surface area contributed by atoms with Crippen molar-refractivity contribution in [3.05, 3.63) is 69.7 Å². The van der Waals surface area contributed by atoms with Gasteiger partial charge in [0.2, 0.25) is 6.10 Å². The molecule has 0 fully saturated rings. The van der Waals surface area contributed by atoms with E-state index >= 15 is 0 Å². The lowest BCUT2D eigenvalue weighted by atomic mass is 10.0. The number of ether oxygens (including phenoxy) is 1. The molecule has 2 rings (SSSR count). The quantitative estimate of drug-likeness (QED) is 0.738. The fourth-order valence-electron chi connectivity index (χ4n) is 1.78. The number of hydrogen-bond donors (Lipinski definition) is 0. The predicted octanol–water partition coefficient (Wildman–Crippen LogP) is 4.24. The summed E-state index contributed by atoms with van der Waals surface area (Å²) >= 11 is 11.8. The number of halogens is 2. The molecule has 0 aliphatic carbocycles. The summed E-state index contributed by atoms with van der Waals surface area (Å²) in [5.74, 6) is 0. The Bertz CT molecular complexity index is 431. The highest BCUT2D eigenvalue weighted by Crippen LogP contribution is 2.26. The summed E-state index contributed by atoms with van der Waals surface area (Å²) in [5, 5.41) is 1.47. The van der Waals surface area contributed by atoms with E-state index in [0.717, 1.165) is 21.2 Å². The second-order valence-electron chi connectivity index (χ2n) is 3.76. The van der Waals surface area contributed by atoms with Crippen molar-refractivity contribution >= 4 is 23.2 Å². The molecule has 0 atom stereocenters. The standard InChI is InChI=1S/C14H12Cl2O/c1-17-14(10-2-6-12(15)7-3-10)11-4-8-13(16)9-5-11/h2-9,14H,1H3/p+1. The van der Waals surface area contributed by atoms with Gasteiger partial charge in [-0.2, -0.15) is 0 Å². The Morgan fingerprint density at radius 3 is 1.41 bits per heavy atom. The fraction of sp³-hybridized carbons (Fsp3) is 0.143. The highest BCUT2D eigenvalue weighted by atomic mass is 35.5. The van der Waals surface area contributed by atoms with Crippen molar-refractivity contribution in [3.63, 3.8) is 0 Å². The molecule has 0 saturated heterocycles. The third-order valence-corrected chi connectivity index (χ3v) is 3.13. The highest BCUT2D eigenvalue weighted by molar-refractivity contribution is 6.30. The summed E-state index contributed by atoms with van der Waals surface area (Å²) < 4.78 is 4.40. The van der Waals surface area contributed by atoms with E-state index in [1.165, 1.54) is 0 Å². The van der Waals surface area contributed by atoms with Gasteiger partial charge in [-0.1, -0.05) is 23.2 Å². The zero-order valence-corrected chi connectivity index (χ0v) is 10.9. The van der Waals surface area contributed by atoms with Gasteiger partial charge in [0, 0.05) is 21.2 Å². The van der Waals surface area contributed by atoms with Crippen LogP contribution in [0.1, 0.15) is 17.2 Å². The van der Waals surface area contributed by atoms with Crippen molar-refractivity contribution in [3.8, 4) is 0 Å². The van der Waals surface area contributed by atoms with Crippen LogP contribution in [0.3, 0.4) is 0 Å². The minimum absolute atomic E-state index is 0.0320. The van der Waals surface area contributed by atoms with E-state index in [-0.39, 0.29) is 6.10 Å². The largest absolute Gasteiger partial charge is 0.427 e. The van der Waals surface area contributed by atoms with Crippen LogP contribution >= 0.6 is 23.2 Å². The Morgan fingerprint density at radius 1 is 0.765 bits per heavy atom. The molecule has 88 valence electrons. The first-order valence-electron chi connectivity index (χ1n) is 5.30. The average molecular weight is 268 g/mol. The third kappa shape index (κ3) is 3.01. The van der Waals surface area contributed by atoms with Crippen LogP contribution in [0.25, 0.3) is 0 Å². The van der Waals surface area contributed by atoms with Crippen LogP contribution in [0.2, 0.25) is 10.0 Å². The molecule has 1 N–H and O–H groups in total. The van der Waals surface area contributed by atoms with Crippen molar-refractivity contribution in [1.29, 1.82) is 0 Å². The molecule has 0 amide bonds. The van der Waals surface area contributed by atoms with Crippen LogP contribution in [0.5, 0.6) is 0 Å². The van der Waals surface area contributed by atoms with E-state index in [9.17, 15) is 0 Å². The summed E-state index contributed by atoms with van der Waals surface area (Å²) in [6.07, 6.45) is 0.0320. The molecule has 17 heavy (non-hydrogen) atoms. The summed E-state index contributed by atoms with van der Waals surface area (Å²) in [7, 11) is 1.81. The van der Waals surface area contributed by atoms with Crippen molar-refractivity contribution in [2.75, 3.05) is 7.11 Å². The topological polar surface area (TPSA) is 12.8 Å². The summed E-state index contributed by atoms with van der Waals surface area (Å²) in [5.41, 5.74) is 2.25. The van der Waals surface area contributed by atoms with Gasteiger partial charge < -0.3 is 4.74 Å². The number of aliphatic hydroxyl groups is 2. The fourth-order valence-corrected chi connectivity index (χ4v) is 2.03. The lowest BCUT2D eigenvalue weighted by Crippen LogP contribution is -2.06. The lowest BCUT2D eigenvalue weighted by Gasteiger charge is -2.12.